The molecule has 0 saturated carbocycles. The zero-order chi connectivity index (χ0) is 10.6. The highest BCUT2D eigenvalue weighted by Crippen LogP contribution is 1.90. The summed E-state index contributed by atoms with van der Waals surface area (Å²) in [6.45, 7) is 2.35. The molecular formula is C8H11N3O3. The van der Waals surface area contributed by atoms with Crippen LogP contribution in [-0.4, -0.2) is 20.9 Å². The van der Waals surface area contributed by atoms with Gasteiger partial charge in [0.1, 0.15) is 0 Å². The molecule has 0 aliphatic rings. The molecule has 76 valence electrons. The number of nitrogens with one attached hydrogen (secondary N) is 1. The Kier molecular flexibility index (Phi) is 3.35. The molecular weight excluding hydrogens is 186 g/mol. The Balaban J connectivity index is 3.06. The van der Waals surface area contributed by atoms with Gasteiger partial charge in [-0.15, -0.1) is 0 Å². The summed E-state index contributed by atoms with van der Waals surface area (Å²) in [5.41, 5.74) is 1.20. The average molecular weight is 197 g/mol. The first-order valence-electron chi connectivity index (χ1n) is 4.21. The summed E-state index contributed by atoms with van der Waals surface area (Å²) in [5, 5.41) is 12.1. The van der Waals surface area contributed by atoms with E-state index in [-0.39, 0.29) is 11.3 Å². The van der Waals surface area contributed by atoms with E-state index in [1.807, 2.05) is 6.92 Å². The van der Waals surface area contributed by atoms with Crippen LogP contribution in [0, 0.1) is 0 Å². The predicted molar refractivity (Wildman–Crippen MR) is 48.0 cm³/mol. The fourth-order valence-electron chi connectivity index (χ4n) is 0.999. The van der Waals surface area contributed by atoms with Gasteiger partial charge in [0, 0.05) is 12.6 Å². The Bertz CT molecular complexity index is 386. The standard InChI is InChI=1S/C8H11N3O3/c1-2-5-11-7(12)4-3-6(9-11)8(13)10-14/h3-4,14H,2,5H2,1H3,(H,10,13). The Hall–Kier alpha value is -1.69. The second-order valence-electron chi connectivity index (χ2n) is 2.72. The predicted octanol–water partition coefficient (Wildman–Crippen LogP) is -0.228. The minimum absolute atomic E-state index is 0.0144. The first kappa shape index (κ1) is 10.4. The number of rotatable bonds is 3. The van der Waals surface area contributed by atoms with Crippen molar-refractivity contribution < 1.29 is 10.0 Å². The number of amides is 1. The summed E-state index contributed by atoms with van der Waals surface area (Å²) >= 11 is 0. The normalized spacial score (nSPS) is 9.86. The van der Waals surface area contributed by atoms with Crippen LogP contribution < -0.4 is 11.0 Å². The van der Waals surface area contributed by atoms with Crippen LogP contribution in [0.2, 0.25) is 0 Å². The van der Waals surface area contributed by atoms with Gasteiger partial charge in [-0.3, -0.25) is 14.8 Å². The summed E-state index contributed by atoms with van der Waals surface area (Å²) in [6, 6.07) is 2.51. The summed E-state index contributed by atoms with van der Waals surface area (Å²) < 4.78 is 1.19. The third kappa shape index (κ3) is 2.17. The number of aromatic nitrogens is 2. The van der Waals surface area contributed by atoms with Crippen LogP contribution in [0.4, 0.5) is 0 Å². The molecule has 14 heavy (non-hydrogen) atoms. The van der Waals surface area contributed by atoms with Crippen LogP contribution in [-0.2, 0) is 6.54 Å². The van der Waals surface area contributed by atoms with Crippen LogP contribution in [0.25, 0.3) is 0 Å². The SMILES string of the molecule is CCCn1nc(C(=O)NO)ccc1=O. The molecule has 6 nitrogen and oxygen atoms in total. The van der Waals surface area contributed by atoms with E-state index in [0.29, 0.717) is 6.54 Å². The number of hydrogen-bond donors (Lipinski definition) is 2. The summed E-state index contributed by atoms with van der Waals surface area (Å²) in [6.07, 6.45) is 0.747. The highest BCUT2D eigenvalue weighted by Gasteiger charge is 2.07. The molecule has 1 aromatic heterocycles. The van der Waals surface area contributed by atoms with Crippen molar-refractivity contribution in [1.29, 1.82) is 0 Å². The fourth-order valence-corrected chi connectivity index (χ4v) is 0.999. The van der Waals surface area contributed by atoms with Crippen molar-refractivity contribution in [1.82, 2.24) is 15.3 Å². The molecule has 0 aliphatic carbocycles. The first-order valence-corrected chi connectivity index (χ1v) is 4.21. The van der Waals surface area contributed by atoms with Gasteiger partial charge in [0.05, 0.1) is 0 Å². The van der Waals surface area contributed by atoms with E-state index >= 15 is 0 Å². The minimum Gasteiger partial charge on any atom is -0.288 e. The van der Waals surface area contributed by atoms with E-state index in [1.54, 1.807) is 0 Å². The molecule has 6 heteroatoms. The molecule has 0 spiro atoms. The second-order valence-corrected chi connectivity index (χ2v) is 2.72. The van der Waals surface area contributed by atoms with Crippen molar-refractivity contribution in [3.8, 4) is 0 Å². The fraction of sp³-hybridized carbons (Fsp3) is 0.375. The molecule has 1 amide bonds. The molecule has 0 saturated heterocycles. The number of hydrogen-bond acceptors (Lipinski definition) is 4. The summed E-state index contributed by atoms with van der Waals surface area (Å²) in [5.74, 6) is -0.727. The van der Waals surface area contributed by atoms with Crippen LogP contribution in [0.1, 0.15) is 23.8 Å². The van der Waals surface area contributed by atoms with Gasteiger partial charge in [-0.2, -0.15) is 5.10 Å². The second kappa shape index (κ2) is 4.52. The van der Waals surface area contributed by atoms with Crippen LogP contribution in [0.5, 0.6) is 0 Å². The monoisotopic (exact) mass is 197 g/mol. The number of nitrogens with zero attached hydrogens (tertiary/aromatic N) is 2. The Labute approximate surface area is 80.1 Å². The van der Waals surface area contributed by atoms with Crippen LogP contribution in [0.15, 0.2) is 16.9 Å². The van der Waals surface area contributed by atoms with Gasteiger partial charge < -0.3 is 0 Å². The molecule has 2 N–H and O–H groups in total. The van der Waals surface area contributed by atoms with E-state index < -0.39 is 5.91 Å². The van der Waals surface area contributed by atoms with Gasteiger partial charge in [0.15, 0.2) is 5.69 Å². The molecule has 1 heterocycles. The van der Waals surface area contributed by atoms with Crippen molar-refractivity contribution in [3.05, 3.63) is 28.2 Å². The van der Waals surface area contributed by atoms with Gasteiger partial charge in [0.2, 0.25) is 0 Å². The lowest BCUT2D eigenvalue weighted by molar-refractivity contribution is 0.0698. The largest absolute Gasteiger partial charge is 0.295 e. The maximum absolute atomic E-state index is 11.2. The molecule has 0 fully saturated rings. The van der Waals surface area contributed by atoms with Crippen molar-refractivity contribution in [2.75, 3.05) is 0 Å². The number of carbonyl (C=O) groups excluding carboxylic acids is 1. The van der Waals surface area contributed by atoms with E-state index in [4.69, 9.17) is 5.21 Å². The highest BCUT2D eigenvalue weighted by molar-refractivity contribution is 5.90. The molecule has 1 aromatic rings. The van der Waals surface area contributed by atoms with Crippen LogP contribution >= 0.6 is 0 Å². The van der Waals surface area contributed by atoms with Gasteiger partial charge in [0.25, 0.3) is 11.5 Å². The number of carbonyl (C=O) groups is 1. The average Bonchev–Trinajstić information content (AvgIpc) is 2.20. The van der Waals surface area contributed by atoms with E-state index in [9.17, 15) is 9.59 Å². The maximum atomic E-state index is 11.2. The smallest absolute Gasteiger partial charge is 0.288 e. The third-order valence-electron chi connectivity index (χ3n) is 1.64. The van der Waals surface area contributed by atoms with Crippen molar-refractivity contribution in [3.63, 3.8) is 0 Å². The summed E-state index contributed by atoms with van der Waals surface area (Å²) in [7, 11) is 0. The van der Waals surface area contributed by atoms with E-state index in [1.165, 1.54) is 22.3 Å². The van der Waals surface area contributed by atoms with Gasteiger partial charge in [-0.25, -0.2) is 10.2 Å². The van der Waals surface area contributed by atoms with Crippen molar-refractivity contribution >= 4 is 5.91 Å². The summed E-state index contributed by atoms with van der Waals surface area (Å²) in [4.78, 5) is 22.1. The molecule has 0 radical (unpaired) electrons. The van der Waals surface area contributed by atoms with Gasteiger partial charge >= 0.3 is 0 Å². The van der Waals surface area contributed by atoms with E-state index in [0.717, 1.165) is 6.42 Å². The molecule has 0 unspecified atom stereocenters. The first-order chi connectivity index (χ1) is 6.69. The van der Waals surface area contributed by atoms with E-state index in [2.05, 4.69) is 5.10 Å². The zero-order valence-electron chi connectivity index (χ0n) is 7.73. The quantitative estimate of drug-likeness (QED) is 0.518. The Morgan fingerprint density at radius 1 is 1.64 bits per heavy atom. The molecule has 0 aromatic carbocycles. The lowest BCUT2D eigenvalue weighted by Crippen LogP contribution is -2.27. The Morgan fingerprint density at radius 3 is 2.93 bits per heavy atom. The third-order valence-corrected chi connectivity index (χ3v) is 1.64. The van der Waals surface area contributed by atoms with Gasteiger partial charge in [-0.05, 0) is 12.5 Å². The van der Waals surface area contributed by atoms with Crippen molar-refractivity contribution in [2.24, 2.45) is 0 Å². The van der Waals surface area contributed by atoms with Crippen LogP contribution in [0.3, 0.4) is 0 Å². The number of hydroxylamine groups is 1. The number of aryl methyl sites for hydroxylation is 1. The van der Waals surface area contributed by atoms with Crippen molar-refractivity contribution in [2.45, 2.75) is 19.9 Å². The molecule has 0 bridgehead atoms. The topological polar surface area (TPSA) is 84.2 Å². The zero-order valence-corrected chi connectivity index (χ0v) is 7.73. The van der Waals surface area contributed by atoms with Gasteiger partial charge in [-0.1, -0.05) is 6.92 Å². The molecule has 0 atom stereocenters. The molecule has 0 aliphatic heterocycles. The minimum atomic E-state index is -0.727. The lowest BCUT2D eigenvalue weighted by Gasteiger charge is -2.03. The maximum Gasteiger partial charge on any atom is 0.295 e. The molecule has 1 rings (SSSR count). The Morgan fingerprint density at radius 2 is 2.36 bits per heavy atom. The lowest BCUT2D eigenvalue weighted by atomic mass is 10.4. The highest BCUT2D eigenvalue weighted by atomic mass is 16.5.